The molecule has 3 atom stereocenters. The molecule has 0 aliphatic carbocycles. The van der Waals surface area contributed by atoms with Crippen molar-refractivity contribution in [1.29, 1.82) is 5.41 Å². The van der Waals surface area contributed by atoms with Gasteiger partial charge in [0.1, 0.15) is 17.8 Å². The first-order valence-corrected chi connectivity index (χ1v) is 14.2. The number of rotatable bonds is 5. The first kappa shape index (κ1) is 30.9. The zero-order chi connectivity index (χ0) is 29.1. The quantitative estimate of drug-likeness (QED) is 0.277. The smallest absolute Gasteiger partial charge is 0.243 e. The number of hydrogen-bond acceptors (Lipinski definition) is 5. The number of ether oxygens (including phenoxy) is 1. The van der Waals surface area contributed by atoms with Gasteiger partial charge in [-0.2, -0.15) is 0 Å². The van der Waals surface area contributed by atoms with Crippen molar-refractivity contribution in [3.63, 3.8) is 0 Å². The predicted molar refractivity (Wildman–Crippen MR) is 156 cm³/mol. The van der Waals surface area contributed by atoms with Gasteiger partial charge in [0, 0.05) is 23.9 Å². The Kier molecular flexibility index (Phi) is 11.8. The van der Waals surface area contributed by atoms with E-state index >= 15 is 0 Å². The highest BCUT2D eigenvalue weighted by molar-refractivity contribution is 6.30. The molecule has 9 nitrogen and oxygen atoms in total. The number of benzene rings is 2. The summed E-state index contributed by atoms with van der Waals surface area (Å²) in [5, 5.41) is 16.8. The molecule has 10 heteroatoms. The average Bonchev–Trinajstić information content (AvgIpc) is 2.90. The molecule has 1 aliphatic rings. The zero-order valence-corrected chi connectivity index (χ0v) is 23.9. The molecule has 3 amide bonds. The van der Waals surface area contributed by atoms with Gasteiger partial charge in [-0.1, -0.05) is 55.8 Å². The van der Waals surface area contributed by atoms with Crippen LogP contribution in [-0.2, 0) is 27.2 Å². The van der Waals surface area contributed by atoms with Gasteiger partial charge in [-0.3, -0.25) is 19.8 Å². The standard InChI is InChI=1S/C30H40ClN5O4/c1-19(2)27-30(39)35-24(18-26(32)33)29(38)34-14-6-10-21-9-3-4-13-25(21)40-15-7-11-22(28(37)36-27)16-20-8-5-12-23(31)17-20/h3-5,8-9,12-13,17,19,22,24,27H,6-7,10-11,14-16,18H2,1-2H3,(H3,32,33)(H,34,38)(H,35,39)(H,36,37)/t22-,24+,27-/m1/s1. The number of amidine groups is 1. The lowest BCUT2D eigenvalue weighted by molar-refractivity contribution is -0.134. The molecule has 0 fully saturated rings. The summed E-state index contributed by atoms with van der Waals surface area (Å²) in [7, 11) is 0. The summed E-state index contributed by atoms with van der Waals surface area (Å²) >= 11 is 6.20. The van der Waals surface area contributed by atoms with Gasteiger partial charge < -0.3 is 26.4 Å². The fraction of sp³-hybridized carbons (Fsp3) is 0.467. The number of hydrogen-bond donors (Lipinski definition) is 5. The zero-order valence-electron chi connectivity index (χ0n) is 23.2. The largest absolute Gasteiger partial charge is 0.493 e. The summed E-state index contributed by atoms with van der Waals surface area (Å²) in [6.45, 7) is 4.47. The van der Waals surface area contributed by atoms with Crippen LogP contribution < -0.4 is 26.4 Å². The van der Waals surface area contributed by atoms with Crippen molar-refractivity contribution in [3.8, 4) is 5.75 Å². The number of aryl methyl sites for hydroxylation is 1. The second kappa shape index (κ2) is 15.3. The molecule has 0 spiro atoms. The molecular formula is C30H40ClN5O4. The summed E-state index contributed by atoms with van der Waals surface area (Å²) < 4.78 is 6.10. The van der Waals surface area contributed by atoms with Crippen LogP contribution in [0.3, 0.4) is 0 Å². The van der Waals surface area contributed by atoms with Crippen LogP contribution in [0.5, 0.6) is 5.75 Å². The minimum atomic E-state index is -1.03. The summed E-state index contributed by atoms with van der Waals surface area (Å²) in [4.78, 5) is 39.9. The molecule has 6 N–H and O–H groups in total. The molecule has 0 bridgehead atoms. The van der Waals surface area contributed by atoms with E-state index in [1.807, 2.05) is 56.3 Å². The Labute approximate surface area is 241 Å². The van der Waals surface area contributed by atoms with E-state index in [1.54, 1.807) is 6.07 Å². The minimum absolute atomic E-state index is 0.135. The van der Waals surface area contributed by atoms with Gasteiger partial charge in [0.2, 0.25) is 17.7 Å². The molecule has 0 unspecified atom stereocenters. The van der Waals surface area contributed by atoms with E-state index in [9.17, 15) is 14.4 Å². The fourth-order valence-corrected chi connectivity index (χ4v) is 4.96. The summed E-state index contributed by atoms with van der Waals surface area (Å²) in [5.41, 5.74) is 7.54. The van der Waals surface area contributed by atoms with Crippen LogP contribution in [0.1, 0.15) is 50.7 Å². The summed E-state index contributed by atoms with van der Waals surface area (Å²) in [6.07, 6.45) is 2.86. The van der Waals surface area contributed by atoms with Gasteiger partial charge in [0.05, 0.1) is 12.4 Å². The van der Waals surface area contributed by atoms with Crippen molar-refractivity contribution in [2.24, 2.45) is 17.6 Å². The van der Waals surface area contributed by atoms with Crippen molar-refractivity contribution in [2.75, 3.05) is 13.2 Å². The van der Waals surface area contributed by atoms with E-state index in [2.05, 4.69) is 16.0 Å². The molecule has 0 saturated carbocycles. The molecule has 1 aliphatic heterocycles. The lowest BCUT2D eigenvalue weighted by Crippen LogP contribution is -2.56. The number of carbonyl (C=O) groups is 3. The second-order valence-electron chi connectivity index (χ2n) is 10.5. The Bertz CT molecular complexity index is 1190. The maximum absolute atomic E-state index is 13.6. The van der Waals surface area contributed by atoms with Crippen LogP contribution in [0.25, 0.3) is 0 Å². The molecule has 2 aromatic rings. The number of nitrogens with one attached hydrogen (secondary N) is 4. The van der Waals surface area contributed by atoms with Crippen LogP contribution in [0.4, 0.5) is 0 Å². The molecule has 1 heterocycles. The highest BCUT2D eigenvalue weighted by Gasteiger charge is 2.31. The lowest BCUT2D eigenvalue weighted by Gasteiger charge is -2.27. The number of halogens is 1. The van der Waals surface area contributed by atoms with Crippen LogP contribution in [-0.4, -0.2) is 48.8 Å². The third-order valence-electron chi connectivity index (χ3n) is 6.90. The molecule has 40 heavy (non-hydrogen) atoms. The first-order chi connectivity index (χ1) is 19.1. The third-order valence-corrected chi connectivity index (χ3v) is 7.13. The van der Waals surface area contributed by atoms with E-state index in [-0.39, 0.29) is 24.1 Å². The van der Waals surface area contributed by atoms with Gasteiger partial charge in [-0.05, 0) is 67.3 Å². The molecular weight excluding hydrogens is 530 g/mol. The van der Waals surface area contributed by atoms with Crippen molar-refractivity contribution in [3.05, 3.63) is 64.7 Å². The highest BCUT2D eigenvalue weighted by atomic mass is 35.5. The van der Waals surface area contributed by atoms with Crippen molar-refractivity contribution >= 4 is 35.2 Å². The second-order valence-corrected chi connectivity index (χ2v) is 11.0. The number of nitrogens with two attached hydrogens (primary N) is 1. The maximum atomic E-state index is 13.6. The fourth-order valence-electron chi connectivity index (χ4n) is 4.75. The first-order valence-electron chi connectivity index (χ1n) is 13.8. The van der Waals surface area contributed by atoms with E-state index < -0.39 is 29.8 Å². The summed E-state index contributed by atoms with van der Waals surface area (Å²) in [6, 6.07) is 13.3. The maximum Gasteiger partial charge on any atom is 0.243 e. The normalized spacial score (nSPS) is 21.6. The van der Waals surface area contributed by atoms with Crippen molar-refractivity contribution in [2.45, 2.75) is 64.5 Å². The Morgan fingerprint density at radius 3 is 2.55 bits per heavy atom. The van der Waals surface area contributed by atoms with E-state index in [0.29, 0.717) is 50.3 Å². The summed E-state index contributed by atoms with van der Waals surface area (Å²) in [5.74, 6) is -1.30. The predicted octanol–water partition coefficient (Wildman–Crippen LogP) is 3.37. The van der Waals surface area contributed by atoms with E-state index in [1.165, 1.54) is 0 Å². The molecule has 0 aromatic heterocycles. The van der Waals surface area contributed by atoms with E-state index in [4.69, 9.17) is 27.5 Å². The van der Waals surface area contributed by atoms with Gasteiger partial charge in [0.25, 0.3) is 0 Å². The number of carbonyl (C=O) groups excluding carboxylic acids is 3. The van der Waals surface area contributed by atoms with Crippen LogP contribution in [0.2, 0.25) is 5.02 Å². The van der Waals surface area contributed by atoms with Crippen LogP contribution in [0, 0.1) is 17.2 Å². The highest BCUT2D eigenvalue weighted by Crippen LogP contribution is 2.22. The molecule has 0 saturated heterocycles. The van der Waals surface area contributed by atoms with Crippen molar-refractivity contribution < 1.29 is 19.1 Å². The van der Waals surface area contributed by atoms with Gasteiger partial charge in [0.15, 0.2) is 0 Å². The van der Waals surface area contributed by atoms with Gasteiger partial charge in [-0.15, -0.1) is 0 Å². The van der Waals surface area contributed by atoms with Gasteiger partial charge in [-0.25, -0.2) is 0 Å². The van der Waals surface area contributed by atoms with Crippen LogP contribution in [0.15, 0.2) is 48.5 Å². The van der Waals surface area contributed by atoms with Gasteiger partial charge >= 0.3 is 0 Å². The Morgan fingerprint density at radius 1 is 1.05 bits per heavy atom. The minimum Gasteiger partial charge on any atom is -0.493 e. The van der Waals surface area contributed by atoms with Crippen LogP contribution >= 0.6 is 11.6 Å². The molecule has 2 aromatic carbocycles. The number of amides is 3. The Morgan fingerprint density at radius 2 is 1.82 bits per heavy atom. The number of para-hydroxylation sites is 1. The number of fused-ring (bicyclic) bond motifs is 1. The molecule has 3 rings (SSSR count). The molecule has 0 radical (unpaired) electrons. The third kappa shape index (κ3) is 9.55. The average molecular weight is 570 g/mol. The SMILES string of the molecule is CC(C)[C@H]1NC(=O)[C@@H](Cc2cccc(Cl)c2)CCCOc2ccccc2CCCNC(=O)[C@H](CC(=N)N)NC1=O. The lowest BCUT2D eigenvalue weighted by atomic mass is 9.92. The Balaban J connectivity index is 1.88. The van der Waals surface area contributed by atoms with E-state index in [0.717, 1.165) is 16.9 Å². The topological polar surface area (TPSA) is 146 Å². The monoisotopic (exact) mass is 569 g/mol. The molecule has 216 valence electrons. The Hall–Kier alpha value is -3.59. The van der Waals surface area contributed by atoms with Crippen molar-refractivity contribution in [1.82, 2.24) is 16.0 Å².